The van der Waals surface area contributed by atoms with Crippen LogP contribution in [0.1, 0.15) is 6.42 Å². The van der Waals surface area contributed by atoms with Crippen LogP contribution in [0.15, 0.2) is 24.3 Å². The molecule has 0 unspecified atom stereocenters. The lowest BCUT2D eigenvalue weighted by atomic mass is 10.2. The van der Waals surface area contributed by atoms with E-state index >= 15 is 0 Å². The summed E-state index contributed by atoms with van der Waals surface area (Å²) in [5.74, 6) is -0.587. The van der Waals surface area contributed by atoms with Crippen LogP contribution in [0.4, 0.5) is 11.4 Å². The number of nitro benzene ring substituents is 1. The second kappa shape index (κ2) is 5.17. The van der Waals surface area contributed by atoms with Crippen molar-refractivity contribution in [3.05, 3.63) is 34.4 Å². The molecule has 1 amide bonds. The van der Waals surface area contributed by atoms with E-state index in [1.165, 1.54) is 12.1 Å². The lowest BCUT2D eigenvalue weighted by molar-refractivity contribution is -0.383. The molecule has 84 valence electrons. The molecule has 1 aromatic carbocycles. The van der Waals surface area contributed by atoms with Crippen molar-refractivity contribution >= 4 is 34.5 Å². The van der Waals surface area contributed by atoms with Crippen molar-refractivity contribution in [1.82, 2.24) is 0 Å². The average Bonchev–Trinajstić information content (AvgIpc) is 2.16. The molecule has 0 heterocycles. The molecule has 0 spiro atoms. The highest BCUT2D eigenvalue weighted by molar-refractivity contribution is 7.80. The smallest absolute Gasteiger partial charge is 0.292 e. The van der Waals surface area contributed by atoms with Gasteiger partial charge in [0.15, 0.2) is 0 Å². The maximum absolute atomic E-state index is 10.7. The summed E-state index contributed by atoms with van der Waals surface area (Å²) in [5, 5.41) is 13.3. The maximum atomic E-state index is 10.7. The summed E-state index contributed by atoms with van der Waals surface area (Å²) in [6.45, 7) is 0. The van der Waals surface area contributed by atoms with Gasteiger partial charge in [0.25, 0.3) is 5.69 Å². The summed E-state index contributed by atoms with van der Waals surface area (Å²) in [5.41, 5.74) is 5.09. The number of hydrogen-bond acceptors (Lipinski definition) is 4. The van der Waals surface area contributed by atoms with Crippen LogP contribution in [-0.2, 0) is 4.79 Å². The second-order valence-corrected chi connectivity index (χ2v) is 3.46. The van der Waals surface area contributed by atoms with Gasteiger partial charge in [-0.3, -0.25) is 14.9 Å². The van der Waals surface area contributed by atoms with E-state index in [1.54, 1.807) is 12.1 Å². The highest BCUT2D eigenvalue weighted by Gasteiger charge is 2.13. The number of para-hydroxylation sites is 2. The first kappa shape index (κ1) is 12.1. The summed E-state index contributed by atoms with van der Waals surface area (Å²) in [7, 11) is 0. The third-order valence-corrected chi connectivity index (χ3v) is 1.96. The standard InChI is InChI=1S/C9H9N3O3S/c10-8(13)5-9(16)11-6-3-1-2-4-7(6)12(14)15/h1-4H,5H2,(H2,10,13)(H,11,16). The van der Waals surface area contributed by atoms with Gasteiger partial charge in [-0.15, -0.1) is 0 Å². The van der Waals surface area contributed by atoms with E-state index < -0.39 is 10.8 Å². The van der Waals surface area contributed by atoms with Gasteiger partial charge in [0, 0.05) is 6.07 Å². The summed E-state index contributed by atoms with van der Waals surface area (Å²) < 4.78 is 0. The minimum Gasteiger partial charge on any atom is -0.369 e. The number of benzene rings is 1. The molecule has 0 aliphatic heterocycles. The molecule has 1 aromatic rings. The Morgan fingerprint density at radius 1 is 1.50 bits per heavy atom. The zero-order chi connectivity index (χ0) is 12.1. The molecular weight excluding hydrogens is 230 g/mol. The fourth-order valence-corrected chi connectivity index (χ4v) is 1.34. The number of anilines is 1. The van der Waals surface area contributed by atoms with Crippen molar-refractivity contribution in [3.63, 3.8) is 0 Å². The normalized spacial score (nSPS) is 9.50. The first-order valence-electron chi connectivity index (χ1n) is 4.32. The molecule has 0 saturated heterocycles. The van der Waals surface area contributed by atoms with E-state index in [1.807, 2.05) is 0 Å². The predicted octanol–water partition coefficient (Wildman–Crippen LogP) is 1.21. The minimum atomic E-state index is -0.587. The Hall–Kier alpha value is -2.02. The largest absolute Gasteiger partial charge is 0.369 e. The third-order valence-electron chi connectivity index (χ3n) is 1.71. The number of carbonyl (C=O) groups is 1. The zero-order valence-electron chi connectivity index (χ0n) is 8.17. The second-order valence-electron chi connectivity index (χ2n) is 2.97. The van der Waals surface area contributed by atoms with Crippen LogP contribution in [0.5, 0.6) is 0 Å². The van der Waals surface area contributed by atoms with Gasteiger partial charge >= 0.3 is 0 Å². The van der Waals surface area contributed by atoms with E-state index in [9.17, 15) is 14.9 Å². The Labute approximate surface area is 96.6 Å². The Morgan fingerprint density at radius 3 is 2.69 bits per heavy atom. The molecular formula is C9H9N3O3S. The van der Waals surface area contributed by atoms with Gasteiger partial charge in [0.2, 0.25) is 5.91 Å². The van der Waals surface area contributed by atoms with Crippen LogP contribution in [-0.4, -0.2) is 15.8 Å². The molecule has 0 aromatic heterocycles. The summed E-state index contributed by atoms with van der Waals surface area (Å²) >= 11 is 4.82. The molecule has 0 bridgehead atoms. The SMILES string of the molecule is NC(=O)CC(=S)Nc1ccccc1[N+](=O)[O-]. The van der Waals surface area contributed by atoms with Crippen LogP contribution >= 0.6 is 12.2 Å². The Balaban J connectivity index is 2.84. The van der Waals surface area contributed by atoms with Gasteiger partial charge < -0.3 is 11.1 Å². The van der Waals surface area contributed by atoms with Gasteiger partial charge in [0.05, 0.1) is 16.3 Å². The van der Waals surface area contributed by atoms with Crippen molar-refractivity contribution in [2.45, 2.75) is 6.42 Å². The van der Waals surface area contributed by atoms with E-state index in [0.29, 0.717) is 0 Å². The van der Waals surface area contributed by atoms with Crippen molar-refractivity contribution in [1.29, 1.82) is 0 Å². The molecule has 0 aliphatic carbocycles. The maximum Gasteiger partial charge on any atom is 0.292 e. The van der Waals surface area contributed by atoms with Crippen LogP contribution in [0.2, 0.25) is 0 Å². The zero-order valence-corrected chi connectivity index (χ0v) is 8.99. The fourth-order valence-electron chi connectivity index (χ4n) is 1.09. The van der Waals surface area contributed by atoms with Gasteiger partial charge in [-0.05, 0) is 6.07 Å². The number of thiocarbonyl (C=S) groups is 1. The third kappa shape index (κ3) is 3.28. The fraction of sp³-hybridized carbons (Fsp3) is 0.111. The minimum absolute atomic E-state index is 0.102. The Morgan fingerprint density at radius 2 is 2.12 bits per heavy atom. The number of nitro groups is 1. The molecule has 0 aliphatic rings. The molecule has 7 heteroatoms. The average molecular weight is 239 g/mol. The summed E-state index contributed by atoms with van der Waals surface area (Å²) in [6, 6.07) is 6.02. The monoisotopic (exact) mass is 239 g/mol. The van der Waals surface area contributed by atoms with Gasteiger partial charge in [-0.2, -0.15) is 0 Å². The molecule has 1 rings (SSSR count). The number of nitrogens with zero attached hydrogens (tertiary/aromatic N) is 1. The molecule has 3 N–H and O–H groups in total. The van der Waals surface area contributed by atoms with Crippen LogP contribution in [0.3, 0.4) is 0 Å². The number of rotatable bonds is 4. The topological polar surface area (TPSA) is 98.3 Å². The number of nitrogens with one attached hydrogen (secondary N) is 1. The van der Waals surface area contributed by atoms with Gasteiger partial charge in [0.1, 0.15) is 5.69 Å². The van der Waals surface area contributed by atoms with Crippen molar-refractivity contribution in [2.75, 3.05) is 5.32 Å². The number of carbonyl (C=O) groups excluding carboxylic acids is 1. The first-order chi connectivity index (χ1) is 7.50. The predicted molar refractivity (Wildman–Crippen MR) is 63.1 cm³/mol. The number of primary amides is 1. The van der Waals surface area contributed by atoms with Gasteiger partial charge in [-0.25, -0.2) is 0 Å². The van der Waals surface area contributed by atoms with Crippen LogP contribution in [0, 0.1) is 10.1 Å². The van der Waals surface area contributed by atoms with Gasteiger partial charge in [-0.1, -0.05) is 24.4 Å². The molecule has 6 nitrogen and oxygen atoms in total. The van der Waals surface area contributed by atoms with Crippen molar-refractivity contribution < 1.29 is 9.72 Å². The number of amides is 1. The lowest BCUT2D eigenvalue weighted by Gasteiger charge is -2.06. The summed E-state index contributed by atoms with van der Waals surface area (Å²) in [6.07, 6.45) is -0.138. The highest BCUT2D eigenvalue weighted by atomic mass is 32.1. The van der Waals surface area contributed by atoms with E-state index in [0.717, 1.165) is 0 Å². The van der Waals surface area contributed by atoms with Crippen molar-refractivity contribution in [3.8, 4) is 0 Å². The molecule has 0 atom stereocenters. The Bertz CT molecular complexity index is 447. The molecule has 0 saturated carbocycles. The molecule has 0 fully saturated rings. The highest BCUT2D eigenvalue weighted by Crippen LogP contribution is 2.23. The van der Waals surface area contributed by atoms with Crippen molar-refractivity contribution in [2.24, 2.45) is 5.73 Å². The summed E-state index contributed by atoms with van der Waals surface area (Å²) in [4.78, 5) is 20.9. The number of nitrogens with two attached hydrogens (primary N) is 1. The molecule has 0 radical (unpaired) electrons. The van der Waals surface area contributed by atoms with E-state index in [2.05, 4.69) is 5.32 Å². The van der Waals surface area contributed by atoms with Crippen LogP contribution < -0.4 is 11.1 Å². The Kier molecular flexibility index (Phi) is 3.90. The number of hydrogen-bond donors (Lipinski definition) is 2. The van der Waals surface area contributed by atoms with E-state index in [4.69, 9.17) is 18.0 Å². The van der Waals surface area contributed by atoms with E-state index in [-0.39, 0.29) is 22.8 Å². The molecule has 16 heavy (non-hydrogen) atoms. The van der Waals surface area contributed by atoms with Crippen LogP contribution in [0.25, 0.3) is 0 Å². The quantitative estimate of drug-likeness (QED) is 0.467. The first-order valence-corrected chi connectivity index (χ1v) is 4.73. The lowest BCUT2D eigenvalue weighted by Crippen LogP contribution is -2.20.